The largest absolute Gasteiger partial charge is 0.493 e. The van der Waals surface area contributed by atoms with Crippen LogP contribution in [0.1, 0.15) is 43.1 Å². The molecule has 0 fully saturated rings. The molecule has 0 N–H and O–H groups in total. The van der Waals surface area contributed by atoms with E-state index in [2.05, 4.69) is 36.7 Å². The number of methoxy groups -OCH3 is 2. The van der Waals surface area contributed by atoms with Gasteiger partial charge in [-0.3, -0.25) is 4.79 Å². The Morgan fingerprint density at radius 2 is 1.86 bits per heavy atom. The second-order valence-corrected chi connectivity index (χ2v) is 6.62. The van der Waals surface area contributed by atoms with Crippen molar-refractivity contribution in [2.24, 2.45) is 0 Å². The number of hydrogen-bond acceptors (Lipinski definition) is 4. The molecule has 4 nitrogen and oxygen atoms in total. The zero-order valence-corrected chi connectivity index (χ0v) is 15.6. The predicted octanol–water partition coefficient (Wildman–Crippen LogP) is 3.99. The third kappa shape index (κ3) is 4.99. The van der Waals surface area contributed by atoms with Crippen LogP contribution in [0.4, 0.5) is 0 Å². The summed E-state index contributed by atoms with van der Waals surface area (Å²) < 4.78 is 16.4. The summed E-state index contributed by atoms with van der Waals surface area (Å²) in [6, 6.07) is 3.65. The van der Waals surface area contributed by atoms with Gasteiger partial charge < -0.3 is 14.2 Å². The number of carbonyl (C=O) groups is 1. The fraction of sp³-hybridized carbons (Fsp3) is 0.588. The van der Waals surface area contributed by atoms with Crippen LogP contribution in [0.25, 0.3) is 0 Å². The van der Waals surface area contributed by atoms with Crippen molar-refractivity contribution in [3.8, 4) is 11.5 Å². The molecular formula is C17H25BrO4. The Morgan fingerprint density at radius 1 is 1.18 bits per heavy atom. The average molecular weight is 373 g/mol. The minimum atomic E-state index is -0.154. The highest BCUT2D eigenvalue weighted by Crippen LogP contribution is 2.40. The van der Waals surface area contributed by atoms with E-state index in [4.69, 9.17) is 14.2 Å². The lowest BCUT2D eigenvalue weighted by molar-refractivity contribution is 0.102. The van der Waals surface area contributed by atoms with Gasteiger partial charge in [0, 0.05) is 31.3 Å². The number of hydrogen-bond donors (Lipinski definition) is 0. The van der Waals surface area contributed by atoms with Gasteiger partial charge in [0.2, 0.25) is 0 Å². The van der Waals surface area contributed by atoms with Crippen molar-refractivity contribution in [2.75, 3.05) is 32.8 Å². The molecule has 0 bridgehead atoms. The highest BCUT2D eigenvalue weighted by molar-refractivity contribution is 9.09. The van der Waals surface area contributed by atoms with Crippen LogP contribution in [0.2, 0.25) is 0 Å². The van der Waals surface area contributed by atoms with Crippen molar-refractivity contribution in [2.45, 2.75) is 32.6 Å². The van der Waals surface area contributed by atoms with Gasteiger partial charge in [-0.25, -0.2) is 0 Å². The maximum Gasteiger partial charge on any atom is 0.173 e. The first kappa shape index (κ1) is 19.0. The SMILES string of the molecule is COCCCOc1cc(C(=O)CBr)cc(C(C)(C)C)c1OC. The van der Waals surface area contributed by atoms with Gasteiger partial charge >= 0.3 is 0 Å². The van der Waals surface area contributed by atoms with Crippen molar-refractivity contribution in [1.29, 1.82) is 0 Å². The average Bonchev–Trinajstić information content (AvgIpc) is 2.48. The zero-order chi connectivity index (χ0) is 16.8. The van der Waals surface area contributed by atoms with Crippen LogP contribution >= 0.6 is 15.9 Å². The number of rotatable bonds is 8. The maximum atomic E-state index is 12.1. The minimum absolute atomic E-state index is 0.0231. The van der Waals surface area contributed by atoms with E-state index in [1.807, 2.05) is 6.07 Å². The summed E-state index contributed by atoms with van der Waals surface area (Å²) in [5.74, 6) is 1.32. The fourth-order valence-corrected chi connectivity index (χ4v) is 2.42. The van der Waals surface area contributed by atoms with Gasteiger partial charge in [0.15, 0.2) is 17.3 Å². The standard InChI is InChI=1S/C17H25BrO4/c1-17(2,3)13-9-12(14(19)11-18)10-15(16(13)21-5)22-8-6-7-20-4/h9-10H,6-8,11H2,1-5H3. The van der Waals surface area contributed by atoms with Crippen molar-refractivity contribution in [3.63, 3.8) is 0 Å². The molecule has 0 saturated heterocycles. The molecule has 0 amide bonds. The Bertz CT molecular complexity index is 506. The number of ether oxygens (including phenoxy) is 3. The Kier molecular flexibility index (Phi) is 7.36. The van der Waals surface area contributed by atoms with Gasteiger partial charge in [-0.05, 0) is 17.5 Å². The third-order valence-electron chi connectivity index (χ3n) is 3.26. The molecule has 0 radical (unpaired) electrons. The van der Waals surface area contributed by atoms with Crippen LogP contribution in [-0.2, 0) is 10.2 Å². The predicted molar refractivity (Wildman–Crippen MR) is 91.8 cm³/mol. The molecule has 1 aromatic carbocycles. The summed E-state index contributed by atoms with van der Waals surface area (Å²) >= 11 is 3.22. The van der Waals surface area contributed by atoms with Crippen LogP contribution in [0.15, 0.2) is 12.1 Å². The highest BCUT2D eigenvalue weighted by atomic mass is 79.9. The van der Waals surface area contributed by atoms with E-state index in [-0.39, 0.29) is 16.5 Å². The van der Waals surface area contributed by atoms with Gasteiger partial charge in [-0.2, -0.15) is 0 Å². The molecular weight excluding hydrogens is 348 g/mol. The monoisotopic (exact) mass is 372 g/mol. The molecule has 0 spiro atoms. The van der Waals surface area contributed by atoms with E-state index in [0.29, 0.717) is 30.3 Å². The van der Waals surface area contributed by atoms with Crippen LogP contribution in [0, 0.1) is 0 Å². The number of halogens is 1. The summed E-state index contributed by atoms with van der Waals surface area (Å²) in [7, 11) is 3.28. The second kappa shape index (κ2) is 8.53. The number of benzene rings is 1. The Labute approximate surface area is 141 Å². The van der Waals surface area contributed by atoms with E-state index < -0.39 is 0 Å². The van der Waals surface area contributed by atoms with Gasteiger partial charge in [0.1, 0.15) is 0 Å². The topological polar surface area (TPSA) is 44.8 Å². The first-order chi connectivity index (χ1) is 10.3. The molecule has 1 aromatic rings. The Balaban J connectivity index is 3.23. The molecule has 0 unspecified atom stereocenters. The lowest BCUT2D eigenvalue weighted by atomic mass is 9.84. The van der Waals surface area contributed by atoms with E-state index >= 15 is 0 Å². The second-order valence-electron chi connectivity index (χ2n) is 6.06. The summed E-state index contributed by atoms with van der Waals surface area (Å²) in [5.41, 5.74) is 1.44. The molecule has 1 rings (SSSR count). The first-order valence-electron chi connectivity index (χ1n) is 7.28. The Morgan fingerprint density at radius 3 is 2.36 bits per heavy atom. The fourth-order valence-electron chi connectivity index (χ4n) is 2.10. The van der Waals surface area contributed by atoms with Gasteiger partial charge in [0.25, 0.3) is 0 Å². The van der Waals surface area contributed by atoms with Crippen LogP contribution < -0.4 is 9.47 Å². The molecule has 0 atom stereocenters. The lowest BCUT2D eigenvalue weighted by Crippen LogP contribution is -2.16. The number of alkyl halides is 1. The van der Waals surface area contributed by atoms with E-state index in [9.17, 15) is 4.79 Å². The number of Topliss-reactive ketones (excluding diaryl/α,β-unsaturated/α-hetero) is 1. The van der Waals surface area contributed by atoms with Gasteiger partial charge in [0.05, 0.1) is 19.0 Å². The molecule has 0 aliphatic rings. The minimum Gasteiger partial charge on any atom is -0.493 e. The number of ketones is 1. The molecule has 0 heterocycles. The quantitative estimate of drug-likeness (QED) is 0.393. The first-order valence-corrected chi connectivity index (χ1v) is 8.40. The van der Waals surface area contributed by atoms with Gasteiger partial charge in [-0.1, -0.05) is 36.7 Å². The highest BCUT2D eigenvalue weighted by Gasteiger charge is 2.24. The zero-order valence-electron chi connectivity index (χ0n) is 14.0. The summed E-state index contributed by atoms with van der Waals surface area (Å²) in [4.78, 5) is 12.1. The molecule has 124 valence electrons. The lowest BCUT2D eigenvalue weighted by Gasteiger charge is -2.25. The molecule has 0 aliphatic carbocycles. The van der Waals surface area contributed by atoms with Crippen LogP contribution in [0.5, 0.6) is 11.5 Å². The van der Waals surface area contributed by atoms with Crippen LogP contribution in [0.3, 0.4) is 0 Å². The normalized spacial score (nSPS) is 11.4. The van der Waals surface area contributed by atoms with Crippen molar-refractivity contribution in [3.05, 3.63) is 23.3 Å². The number of carbonyl (C=O) groups excluding carboxylic acids is 1. The van der Waals surface area contributed by atoms with Crippen molar-refractivity contribution < 1.29 is 19.0 Å². The molecule has 0 saturated carbocycles. The van der Waals surface area contributed by atoms with Crippen LogP contribution in [-0.4, -0.2) is 38.5 Å². The molecule has 5 heteroatoms. The summed E-state index contributed by atoms with van der Waals surface area (Å²) in [6.07, 6.45) is 0.779. The van der Waals surface area contributed by atoms with E-state index in [1.165, 1.54) is 0 Å². The van der Waals surface area contributed by atoms with Gasteiger partial charge in [-0.15, -0.1) is 0 Å². The Hall–Kier alpha value is -1.07. The third-order valence-corrected chi connectivity index (χ3v) is 3.77. The van der Waals surface area contributed by atoms with Crippen molar-refractivity contribution >= 4 is 21.7 Å². The molecule has 22 heavy (non-hydrogen) atoms. The summed E-state index contributed by atoms with van der Waals surface area (Å²) in [6.45, 7) is 7.40. The maximum absolute atomic E-state index is 12.1. The summed E-state index contributed by atoms with van der Waals surface area (Å²) in [5, 5.41) is 0.284. The van der Waals surface area contributed by atoms with E-state index in [1.54, 1.807) is 20.3 Å². The smallest absolute Gasteiger partial charge is 0.173 e. The molecule has 0 aromatic heterocycles. The van der Waals surface area contributed by atoms with Crippen molar-refractivity contribution in [1.82, 2.24) is 0 Å². The molecule has 0 aliphatic heterocycles. The van der Waals surface area contributed by atoms with E-state index in [0.717, 1.165) is 12.0 Å².